The molecule has 130 valence electrons. The van der Waals surface area contributed by atoms with Gasteiger partial charge in [-0.05, 0) is 42.1 Å². The monoisotopic (exact) mass is 357 g/mol. The molecule has 0 spiro atoms. The van der Waals surface area contributed by atoms with Crippen LogP contribution in [0.3, 0.4) is 0 Å². The number of methoxy groups -OCH3 is 1. The summed E-state index contributed by atoms with van der Waals surface area (Å²) in [4.78, 5) is 13.3. The van der Waals surface area contributed by atoms with Crippen LogP contribution in [-0.4, -0.2) is 29.8 Å². The van der Waals surface area contributed by atoms with E-state index in [4.69, 9.17) is 9.47 Å². The maximum Gasteiger partial charge on any atom is 0.272 e. The van der Waals surface area contributed by atoms with Gasteiger partial charge in [0.1, 0.15) is 0 Å². The average molecular weight is 357 g/mol. The van der Waals surface area contributed by atoms with Crippen molar-refractivity contribution in [1.29, 1.82) is 0 Å². The Labute approximate surface area is 149 Å². The number of benzene rings is 1. The van der Waals surface area contributed by atoms with Gasteiger partial charge < -0.3 is 14.8 Å². The number of nitrogens with one attached hydrogen (secondary N) is 2. The van der Waals surface area contributed by atoms with E-state index in [9.17, 15) is 4.79 Å². The van der Waals surface area contributed by atoms with Gasteiger partial charge in [0.05, 0.1) is 24.3 Å². The molecule has 2 aromatic heterocycles. The highest BCUT2D eigenvalue weighted by Gasteiger charge is 2.12. The summed E-state index contributed by atoms with van der Waals surface area (Å²) in [6.07, 6.45) is 0. The van der Waals surface area contributed by atoms with Gasteiger partial charge in [0.2, 0.25) is 0 Å². The predicted molar refractivity (Wildman–Crippen MR) is 97.2 cm³/mol. The topological polar surface area (TPSA) is 76.2 Å². The minimum atomic E-state index is -0.230. The molecule has 1 aromatic carbocycles. The lowest BCUT2D eigenvalue weighted by Crippen LogP contribution is -2.23. The third kappa shape index (κ3) is 4.00. The molecule has 0 unspecified atom stereocenters. The molecule has 2 N–H and O–H groups in total. The number of rotatable bonds is 7. The average Bonchev–Trinajstić information content (AvgIpc) is 3.32. The summed E-state index contributed by atoms with van der Waals surface area (Å²) in [6.45, 7) is 2.86. The summed E-state index contributed by atoms with van der Waals surface area (Å²) in [5, 5.41) is 11.8. The molecular formula is C18H19N3O3S. The molecule has 6 nitrogen and oxygen atoms in total. The number of hydrogen-bond acceptors (Lipinski definition) is 5. The Morgan fingerprint density at radius 1 is 1.28 bits per heavy atom. The van der Waals surface area contributed by atoms with Crippen LogP contribution in [0, 0.1) is 0 Å². The fraction of sp³-hybridized carbons (Fsp3) is 0.222. The number of aromatic amines is 1. The minimum absolute atomic E-state index is 0.230. The lowest BCUT2D eigenvalue weighted by atomic mass is 10.2. The van der Waals surface area contributed by atoms with Crippen molar-refractivity contribution in [3.63, 3.8) is 0 Å². The van der Waals surface area contributed by atoms with E-state index in [1.807, 2.05) is 42.6 Å². The van der Waals surface area contributed by atoms with Crippen LogP contribution < -0.4 is 14.8 Å². The fourth-order valence-corrected chi connectivity index (χ4v) is 3.06. The molecule has 0 aliphatic carbocycles. The van der Waals surface area contributed by atoms with Crippen LogP contribution in [0.2, 0.25) is 0 Å². The number of nitrogens with zero attached hydrogens (tertiary/aromatic N) is 1. The van der Waals surface area contributed by atoms with Crippen LogP contribution >= 0.6 is 11.3 Å². The van der Waals surface area contributed by atoms with Crippen LogP contribution in [0.25, 0.3) is 10.6 Å². The summed E-state index contributed by atoms with van der Waals surface area (Å²) in [6, 6.07) is 11.3. The molecular weight excluding hydrogens is 338 g/mol. The first-order valence-electron chi connectivity index (χ1n) is 7.88. The number of amides is 1. The van der Waals surface area contributed by atoms with Crippen LogP contribution in [0.1, 0.15) is 23.0 Å². The van der Waals surface area contributed by atoms with Crippen LogP contribution in [0.5, 0.6) is 11.5 Å². The molecule has 3 rings (SSSR count). The van der Waals surface area contributed by atoms with Gasteiger partial charge in [-0.15, -0.1) is 11.3 Å². The first-order valence-corrected chi connectivity index (χ1v) is 8.76. The second-order valence-corrected chi connectivity index (χ2v) is 6.19. The summed E-state index contributed by atoms with van der Waals surface area (Å²) in [7, 11) is 1.59. The van der Waals surface area contributed by atoms with Gasteiger partial charge in [0.25, 0.3) is 5.91 Å². The lowest BCUT2D eigenvalue weighted by molar-refractivity contribution is 0.0946. The largest absolute Gasteiger partial charge is 0.493 e. The third-order valence-corrected chi connectivity index (χ3v) is 4.48. The fourth-order valence-electron chi connectivity index (χ4n) is 2.37. The van der Waals surface area contributed by atoms with Gasteiger partial charge in [-0.2, -0.15) is 5.10 Å². The van der Waals surface area contributed by atoms with Crippen molar-refractivity contribution >= 4 is 17.2 Å². The van der Waals surface area contributed by atoms with Crippen molar-refractivity contribution < 1.29 is 14.3 Å². The van der Waals surface area contributed by atoms with Gasteiger partial charge in [-0.3, -0.25) is 9.89 Å². The second kappa shape index (κ2) is 7.85. The number of aromatic nitrogens is 2. The Bertz CT molecular complexity index is 843. The van der Waals surface area contributed by atoms with Crippen molar-refractivity contribution in [2.45, 2.75) is 13.5 Å². The Morgan fingerprint density at radius 2 is 2.16 bits per heavy atom. The summed E-state index contributed by atoms with van der Waals surface area (Å²) in [5.41, 5.74) is 2.12. The smallest absolute Gasteiger partial charge is 0.272 e. The Hall–Kier alpha value is -2.80. The number of thiophene rings is 1. The van der Waals surface area contributed by atoms with E-state index in [0.29, 0.717) is 30.3 Å². The van der Waals surface area contributed by atoms with Crippen LogP contribution in [-0.2, 0) is 6.54 Å². The molecule has 3 aromatic rings. The Morgan fingerprint density at radius 3 is 2.88 bits per heavy atom. The van der Waals surface area contributed by atoms with Gasteiger partial charge in [0.15, 0.2) is 17.2 Å². The lowest BCUT2D eigenvalue weighted by Gasteiger charge is -2.11. The number of hydrogen-bond donors (Lipinski definition) is 2. The van der Waals surface area contributed by atoms with E-state index in [1.165, 1.54) is 0 Å². The molecule has 0 bridgehead atoms. The van der Waals surface area contributed by atoms with E-state index in [2.05, 4.69) is 15.5 Å². The quantitative estimate of drug-likeness (QED) is 0.679. The van der Waals surface area contributed by atoms with E-state index >= 15 is 0 Å². The number of ether oxygens (including phenoxy) is 2. The zero-order valence-corrected chi connectivity index (χ0v) is 14.9. The van der Waals surface area contributed by atoms with Crippen molar-refractivity contribution in [3.8, 4) is 22.1 Å². The highest BCUT2D eigenvalue weighted by atomic mass is 32.1. The maximum atomic E-state index is 12.3. The molecule has 0 radical (unpaired) electrons. The van der Waals surface area contributed by atoms with E-state index in [-0.39, 0.29) is 5.91 Å². The molecule has 1 amide bonds. The Balaban J connectivity index is 1.64. The number of H-pyrrole nitrogens is 1. The van der Waals surface area contributed by atoms with Crippen molar-refractivity contribution in [1.82, 2.24) is 15.5 Å². The minimum Gasteiger partial charge on any atom is -0.493 e. The third-order valence-electron chi connectivity index (χ3n) is 3.58. The standard InChI is InChI=1S/C18H19N3O3S/c1-3-24-15-7-6-12(9-16(15)23-2)11-19-18(22)14-10-13(20-21-14)17-5-4-8-25-17/h4-10H,3,11H2,1-2H3,(H,19,22)(H,20,21). The van der Waals surface area contributed by atoms with Gasteiger partial charge in [0, 0.05) is 6.54 Å². The zero-order valence-electron chi connectivity index (χ0n) is 14.0. The normalized spacial score (nSPS) is 10.5. The number of carbonyl (C=O) groups is 1. The van der Waals surface area contributed by atoms with Crippen LogP contribution in [0.15, 0.2) is 41.8 Å². The van der Waals surface area contributed by atoms with Crippen molar-refractivity contribution in [2.75, 3.05) is 13.7 Å². The first-order chi connectivity index (χ1) is 12.2. The van der Waals surface area contributed by atoms with Crippen LogP contribution in [0.4, 0.5) is 0 Å². The summed E-state index contributed by atoms with van der Waals surface area (Å²) in [5.74, 6) is 1.10. The molecule has 0 aliphatic rings. The van der Waals surface area contributed by atoms with Gasteiger partial charge in [-0.1, -0.05) is 12.1 Å². The number of carbonyl (C=O) groups excluding carboxylic acids is 1. The molecule has 0 atom stereocenters. The highest BCUT2D eigenvalue weighted by molar-refractivity contribution is 7.13. The Kier molecular flexibility index (Phi) is 5.35. The molecule has 7 heteroatoms. The van der Waals surface area contributed by atoms with Gasteiger partial charge >= 0.3 is 0 Å². The zero-order chi connectivity index (χ0) is 17.6. The van der Waals surface area contributed by atoms with Gasteiger partial charge in [-0.25, -0.2) is 0 Å². The maximum absolute atomic E-state index is 12.3. The van der Waals surface area contributed by atoms with Crippen molar-refractivity contribution in [2.24, 2.45) is 0 Å². The molecule has 25 heavy (non-hydrogen) atoms. The molecule has 0 aliphatic heterocycles. The first kappa shape index (κ1) is 17.0. The van der Waals surface area contributed by atoms with E-state index in [0.717, 1.165) is 16.1 Å². The van der Waals surface area contributed by atoms with E-state index < -0.39 is 0 Å². The SMILES string of the molecule is CCOc1ccc(CNC(=O)c2cc(-c3cccs3)[nH]n2)cc1OC. The van der Waals surface area contributed by atoms with Crippen molar-refractivity contribution in [3.05, 3.63) is 53.0 Å². The molecule has 2 heterocycles. The summed E-state index contributed by atoms with van der Waals surface area (Å²) < 4.78 is 10.8. The molecule has 0 fully saturated rings. The second-order valence-electron chi connectivity index (χ2n) is 5.25. The molecule has 0 saturated heterocycles. The summed E-state index contributed by atoms with van der Waals surface area (Å²) >= 11 is 1.59. The molecule has 0 saturated carbocycles. The predicted octanol–water partition coefficient (Wildman–Crippen LogP) is 3.48. The van der Waals surface area contributed by atoms with E-state index in [1.54, 1.807) is 24.5 Å². The highest BCUT2D eigenvalue weighted by Crippen LogP contribution is 2.28.